The topological polar surface area (TPSA) is 35.9 Å². The predicted molar refractivity (Wildman–Crippen MR) is 72.7 cm³/mol. The van der Waals surface area contributed by atoms with Gasteiger partial charge in [-0.15, -0.1) is 0 Å². The molecule has 0 saturated carbocycles. The second-order valence-corrected chi connectivity index (χ2v) is 6.40. The molecule has 1 N–H and O–H groups in total. The van der Waals surface area contributed by atoms with Gasteiger partial charge in [-0.1, -0.05) is 0 Å². The van der Waals surface area contributed by atoms with Crippen LogP contribution in [0.15, 0.2) is 0 Å². The van der Waals surface area contributed by atoms with E-state index in [-0.39, 0.29) is 12.0 Å². The van der Waals surface area contributed by atoms with E-state index in [2.05, 4.69) is 23.9 Å². The van der Waals surface area contributed by atoms with Crippen molar-refractivity contribution in [3.05, 3.63) is 0 Å². The standard InChI is InChI=1S/C14H28N2O2/c1-15-6-3-13(4-7-15)9-16(2)10-14(11-17)5-8-18-12-14/h13,17H,3-12H2,1-2H3. The summed E-state index contributed by atoms with van der Waals surface area (Å²) in [6.45, 7) is 6.37. The fraction of sp³-hybridized carbons (Fsp3) is 1.00. The van der Waals surface area contributed by atoms with Gasteiger partial charge in [0.05, 0.1) is 13.2 Å². The Kier molecular flexibility index (Phi) is 5.01. The van der Waals surface area contributed by atoms with Crippen molar-refractivity contribution in [2.24, 2.45) is 11.3 Å². The quantitative estimate of drug-likeness (QED) is 0.784. The van der Waals surface area contributed by atoms with Crippen LogP contribution in [0.5, 0.6) is 0 Å². The highest BCUT2D eigenvalue weighted by molar-refractivity contribution is 4.86. The molecule has 0 radical (unpaired) electrons. The van der Waals surface area contributed by atoms with Gasteiger partial charge in [0.1, 0.15) is 0 Å². The van der Waals surface area contributed by atoms with Gasteiger partial charge in [0.25, 0.3) is 0 Å². The van der Waals surface area contributed by atoms with Gasteiger partial charge < -0.3 is 19.6 Å². The molecule has 0 bridgehead atoms. The average molecular weight is 256 g/mol. The predicted octanol–water partition coefficient (Wildman–Crippen LogP) is 0.659. The third kappa shape index (κ3) is 3.67. The zero-order valence-electron chi connectivity index (χ0n) is 11.9. The zero-order chi connectivity index (χ0) is 13.0. The lowest BCUT2D eigenvalue weighted by Gasteiger charge is -2.35. The molecule has 4 heteroatoms. The van der Waals surface area contributed by atoms with Crippen LogP contribution in [0.4, 0.5) is 0 Å². The van der Waals surface area contributed by atoms with E-state index in [4.69, 9.17) is 4.74 Å². The minimum absolute atomic E-state index is 0.000207. The molecule has 2 saturated heterocycles. The van der Waals surface area contributed by atoms with E-state index >= 15 is 0 Å². The smallest absolute Gasteiger partial charge is 0.0557 e. The Morgan fingerprint density at radius 1 is 1.39 bits per heavy atom. The molecule has 4 nitrogen and oxygen atoms in total. The van der Waals surface area contributed by atoms with E-state index in [1.165, 1.54) is 25.9 Å². The molecule has 2 heterocycles. The Labute approximate surface area is 111 Å². The van der Waals surface area contributed by atoms with Gasteiger partial charge in [0.2, 0.25) is 0 Å². The van der Waals surface area contributed by atoms with Crippen molar-refractivity contribution in [1.29, 1.82) is 0 Å². The van der Waals surface area contributed by atoms with Crippen molar-refractivity contribution < 1.29 is 9.84 Å². The number of hydrogen-bond donors (Lipinski definition) is 1. The summed E-state index contributed by atoms with van der Waals surface area (Å²) in [7, 11) is 4.39. The Balaban J connectivity index is 1.75. The van der Waals surface area contributed by atoms with Crippen LogP contribution in [0.3, 0.4) is 0 Å². The summed E-state index contributed by atoms with van der Waals surface area (Å²) in [5.41, 5.74) is 0.000207. The highest BCUT2D eigenvalue weighted by Gasteiger charge is 2.35. The van der Waals surface area contributed by atoms with E-state index in [0.29, 0.717) is 0 Å². The van der Waals surface area contributed by atoms with Crippen LogP contribution >= 0.6 is 0 Å². The van der Waals surface area contributed by atoms with E-state index < -0.39 is 0 Å². The molecular weight excluding hydrogens is 228 g/mol. The fourth-order valence-corrected chi connectivity index (χ4v) is 3.27. The molecule has 0 aliphatic carbocycles. The Morgan fingerprint density at radius 3 is 2.67 bits per heavy atom. The van der Waals surface area contributed by atoms with Gasteiger partial charge in [-0.2, -0.15) is 0 Å². The number of hydrogen-bond acceptors (Lipinski definition) is 4. The number of aliphatic hydroxyl groups is 1. The molecule has 1 unspecified atom stereocenters. The van der Waals surface area contributed by atoms with Crippen molar-refractivity contribution in [2.75, 3.05) is 60.1 Å². The number of likely N-dealkylation sites (tertiary alicyclic amines) is 1. The first kappa shape index (κ1) is 14.3. The van der Waals surface area contributed by atoms with E-state index in [9.17, 15) is 5.11 Å². The van der Waals surface area contributed by atoms with Gasteiger partial charge in [0, 0.05) is 25.1 Å². The van der Waals surface area contributed by atoms with Crippen molar-refractivity contribution in [3.8, 4) is 0 Å². The molecule has 2 aliphatic heterocycles. The molecule has 1 atom stereocenters. The molecule has 2 aliphatic rings. The number of piperidine rings is 1. The summed E-state index contributed by atoms with van der Waals surface area (Å²) in [5.74, 6) is 0.823. The van der Waals surface area contributed by atoms with Crippen molar-refractivity contribution >= 4 is 0 Å². The normalized spacial score (nSPS) is 31.3. The lowest BCUT2D eigenvalue weighted by Crippen LogP contribution is -2.42. The number of rotatable bonds is 5. The first-order chi connectivity index (χ1) is 8.63. The second kappa shape index (κ2) is 6.33. The largest absolute Gasteiger partial charge is 0.396 e. The van der Waals surface area contributed by atoms with Crippen molar-refractivity contribution in [2.45, 2.75) is 19.3 Å². The van der Waals surface area contributed by atoms with Gasteiger partial charge in [-0.25, -0.2) is 0 Å². The van der Waals surface area contributed by atoms with Crippen LogP contribution in [0.1, 0.15) is 19.3 Å². The molecule has 0 amide bonds. The van der Waals surface area contributed by atoms with Gasteiger partial charge >= 0.3 is 0 Å². The molecule has 2 rings (SSSR count). The van der Waals surface area contributed by atoms with E-state index in [1.807, 2.05) is 0 Å². The van der Waals surface area contributed by atoms with Crippen molar-refractivity contribution in [1.82, 2.24) is 9.80 Å². The maximum absolute atomic E-state index is 9.59. The number of nitrogens with zero attached hydrogens (tertiary/aromatic N) is 2. The SMILES string of the molecule is CN1CCC(CN(C)CC2(CO)CCOC2)CC1. The molecule has 18 heavy (non-hydrogen) atoms. The molecule has 0 aromatic carbocycles. The van der Waals surface area contributed by atoms with E-state index in [0.717, 1.165) is 38.6 Å². The van der Waals surface area contributed by atoms with Crippen LogP contribution < -0.4 is 0 Å². The van der Waals surface area contributed by atoms with Crippen LogP contribution in [0, 0.1) is 11.3 Å². The van der Waals surface area contributed by atoms with Gasteiger partial charge in [-0.05, 0) is 52.4 Å². The summed E-state index contributed by atoms with van der Waals surface area (Å²) in [6.07, 6.45) is 3.62. The van der Waals surface area contributed by atoms with Crippen LogP contribution in [0.25, 0.3) is 0 Å². The van der Waals surface area contributed by atoms with Crippen LogP contribution in [-0.4, -0.2) is 75.0 Å². The maximum Gasteiger partial charge on any atom is 0.0557 e. The first-order valence-electron chi connectivity index (χ1n) is 7.19. The molecular formula is C14H28N2O2. The Morgan fingerprint density at radius 2 is 2.11 bits per heavy atom. The van der Waals surface area contributed by atoms with Gasteiger partial charge in [-0.3, -0.25) is 0 Å². The van der Waals surface area contributed by atoms with Gasteiger partial charge in [0.15, 0.2) is 0 Å². The lowest BCUT2D eigenvalue weighted by molar-refractivity contribution is 0.0560. The number of aliphatic hydroxyl groups excluding tert-OH is 1. The number of ether oxygens (including phenoxy) is 1. The van der Waals surface area contributed by atoms with Crippen molar-refractivity contribution in [3.63, 3.8) is 0 Å². The molecule has 0 aromatic heterocycles. The third-order valence-electron chi connectivity index (χ3n) is 4.53. The minimum atomic E-state index is 0.000207. The highest BCUT2D eigenvalue weighted by Crippen LogP contribution is 2.29. The third-order valence-corrected chi connectivity index (χ3v) is 4.53. The summed E-state index contributed by atoms with van der Waals surface area (Å²) in [4.78, 5) is 4.82. The lowest BCUT2D eigenvalue weighted by atomic mass is 9.87. The molecule has 0 spiro atoms. The molecule has 0 aromatic rings. The fourth-order valence-electron chi connectivity index (χ4n) is 3.27. The monoisotopic (exact) mass is 256 g/mol. The Bertz CT molecular complexity index is 246. The highest BCUT2D eigenvalue weighted by atomic mass is 16.5. The van der Waals surface area contributed by atoms with Crippen LogP contribution in [-0.2, 0) is 4.74 Å². The maximum atomic E-state index is 9.59. The molecule has 106 valence electrons. The van der Waals surface area contributed by atoms with E-state index in [1.54, 1.807) is 0 Å². The zero-order valence-corrected chi connectivity index (χ0v) is 11.9. The molecule has 2 fully saturated rings. The van der Waals surface area contributed by atoms with Crippen LogP contribution in [0.2, 0.25) is 0 Å². The summed E-state index contributed by atoms with van der Waals surface area (Å²) >= 11 is 0. The summed E-state index contributed by atoms with van der Waals surface area (Å²) in [5, 5.41) is 9.59. The second-order valence-electron chi connectivity index (χ2n) is 6.40. The minimum Gasteiger partial charge on any atom is -0.396 e. The first-order valence-corrected chi connectivity index (χ1v) is 7.19. The summed E-state index contributed by atoms with van der Waals surface area (Å²) < 4.78 is 5.46. The Hall–Kier alpha value is -0.160. The average Bonchev–Trinajstić information content (AvgIpc) is 2.81. The summed E-state index contributed by atoms with van der Waals surface area (Å²) in [6, 6.07) is 0.